The van der Waals surface area contributed by atoms with Gasteiger partial charge in [0.25, 0.3) is 5.69 Å². The molecule has 206 valence electrons. The second-order valence-electron chi connectivity index (χ2n) is 8.35. The van der Waals surface area contributed by atoms with E-state index in [1.165, 1.54) is 42.4 Å². The lowest BCUT2D eigenvalue weighted by Gasteiger charge is -2.24. The fraction of sp³-hybridized carbons (Fsp3) is 0.440. The molecule has 2 aromatic rings. The van der Waals surface area contributed by atoms with Gasteiger partial charge in [-0.1, -0.05) is 26.0 Å². The molecule has 0 spiro atoms. The highest BCUT2D eigenvalue weighted by Crippen LogP contribution is 2.24. The summed E-state index contributed by atoms with van der Waals surface area (Å²) in [6.45, 7) is 10.6. The van der Waals surface area contributed by atoms with Crippen LogP contribution in [0.2, 0.25) is 0 Å². The van der Waals surface area contributed by atoms with Crippen LogP contribution in [-0.4, -0.2) is 70.3 Å². The SMILES string of the molecule is CC1=NN(c2ccc([N+](=O)[O-])cc2)C(=O)C1[N+](=O)[O-].CCN(CC)Cc1cccc(N(CCCl)CCCl)c1. The summed E-state index contributed by atoms with van der Waals surface area (Å²) in [6.07, 6.45) is 0. The number of nitrogens with zero attached hydrogens (tertiary/aromatic N) is 6. The molecule has 0 N–H and O–H groups in total. The lowest BCUT2D eigenvalue weighted by atomic mass is 10.1. The molecule has 2 aromatic carbocycles. The molecule has 13 heteroatoms. The Hall–Kier alpha value is -3.28. The molecule has 0 aromatic heterocycles. The van der Waals surface area contributed by atoms with Crippen LogP contribution in [-0.2, 0) is 11.3 Å². The number of nitro groups is 2. The van der Waals surface area contributed by atoms with Gasteiger partial charge in [0.1, 0.15) is 5.71 Å². The number of hydrogen-bond acceptors (Lipinski definition) is 8. The van der Waals surface area contributed by atoms with E-state index >= 15 is 0 Å². The van der Waals surface area contributed by atoms with E-state index in [-0.39, 0.29) is 17.1 Å². The monoisotopic (exact) mass is 566 g/mol. The largest absolute Gasteiger partial charge is 0.369 e. The number of halogens is 2. The predicted molar refractivity (Wildman–Crippen MR) is 151 cm³/mol. The van der Waals surface area contributed by atoms with Crippen LogP contribution < -0.4 is 9.91 Å². The maximum Gasteiger partial charge on any atom is 0.331 e. The molecule has 1 aliphatic heterocycles. The van der Waals surface area contributed by atoms with Crippen LogP contribution in [0.5, 0.6) is 0 Å². The molecule has 0 saturated carbocycles. The quantitative estimate of drug-likeness (QED) is 0.205. The van der Waals surface area contributed by atoms with Crippen LogP contribution in [0.3, 0.4) is 0 Å². The van der Waals surface area contributed by atoms with Gasteiger partial charge in [0, 0.05) is 54.1 Å². The van der Waals surface area contributed by atoms with Crippen molar-refractivity contribution in [1.29, 1.82) is 0 Å². The molecule has 0 aliphatic carbocycles. The summed E-state index contributed by atoms with van der Waals surface area (Å²) in [4.78, 5) is 36.4. The Bertz CT molecular complexity index is 1120. The van der Waals surface area contributed by atoms with Gasteiger partial charge in [-0.05, 0) is 49.8 Å². The van der Waals surface area contributed by atoms with Crippen molar-refractivity contribution in [3.05, 3.63) is 74.3 Å². The highest BCUT2D eigenvalue weighted by Gasteiger charge is 2.43. The Balaban J connectivity index is 0.000000267. The van der Waals surface area contributed by atoms with Crippen LogP contribution in [0, 0.1) is 20.2 Å². The summed E-state index contributed by atoms with van der Waals surface area (Å²) in [5, 5.41) is 25.9. The molecular weight excluding hydrogens is 535 g/mol. The molecule has 0 saturated heterocycles. The zero-order valence-corrected chi connectivity index (χ0v) is 23.1. The molecule has 1 unspecified atom stereocenters. The Kier molecular flexibility index (Phi) is 12.4. The first-order chi connectivity index (χ1) is 18.2. The van der Waals surface area contributed by atoms with Gasteiger partial charge in [0.05, 0.1) is 10.6 Å². The molecule has 0 bridgehead atoms. The van der Waals surface area contributed by atoms with E-state index in [1.807, 2.05) is 0 Å². The van der Waals surface area contributed by atoms with E-state index in [4.69, 9.17) is 23.2 Å². The predicted octanol–water partition coefficient (Wildman–Crippen LogP) is 4.78. The minimum absolute atomic E-state index is 0.0772. The summed E-state index contributed by atoms with van der Waals surface area (Å²) < 4.78 is 0. The van der Waals surface area contributed by atoms with Gasteiger partial charge in [-0.15, -0.1) is 23.2 Å². The van der Waals surface area contributed by atoms with E-state index in [0.29, 0.717) is 11.8 Å². The number of carbonyl (C=O) groups excluding carboxylic acids is 1. The first-order valence-electron chi connectivity index (χ1n) is 12.1. The molecule has 11 nitrogen and oxygen atoms in total. The second-order valence-corrected chi connectivity index (χ2v) is 9.11. The zero-order valence-electron chi connectivity index (χ0n) is 21.6. The second kappa shape index (κ2) is 15.2. The third-order valence-corrected chi connectivity index (χ3v) is 6.24. The van der Waals surface area contributed by atoms with Crippen LogP contribution in [0.4, 0.5) is 17.1 Å². The van der Waals surface area contributed by atoms with Crippen molar-refractivity contribution >= 4 is 51.9 Å². The van der Waals surface area contributed by atoms with Gasteiger partial charge in [0.2, 0.25) is 0 Å². The molecule has 0 fully saturated rings. The normalized spacial score (nSPS) is 14.7. The fourth-order valence-electron chi connectivity index (χ4n) is 3.83. The van der Waals surface area contributed by atoms with Gasteiger partial charge in [-0.2, -0.15) is 10.1 Å². The Morgan fingerprint density at radius 2 is 1.61 bits per heavy atom. The molecule has 1 aliphatic rings. The number of hydrogen-bond donors (Lipinski definition) is 0. The van der Waals surface area contributed by atoms with Gasteiger partial charge in [-0.25, -0.2) is 0 Å². The summed E-state index contributed by atoms with van der Waals surface area (Å²) in [7, 11) is 0. The van der Waals surface area contributed by atoms with Crippen molar-refractivity contribution in [3.8, 4) is 0 Å². The fourth-order valence-corrected chi connectivity index (χ4v) is 4.24. The number of alkyl halides is 2. The van der Waals surface area contributed by atoms with E-state index in [9.17, 15) is 25.0 Å². The van der Waals surface area contributed by atoms with Gasteiger partial charge in [-0.3, -0.25) is 29.9 Å². The van der Waals surface area contributed by atoms with E-state index in [1.54, 1.807) is 0 Å². The molecule has 0 radical (unpaired) electrons. The molecule has 1 amide bonds. The lowest BCUT2D eigenvalue weighted by Crippen LogP contribution is -2.37. The topological polar surface area (TPSA) is 125 Å². The summed E-state index contributed by atoms with van der Waals surface area (Å²) in [5.41, 5.74) is 2.75. The first kappa shape index (κ1) is 30.9. The van der Waals surface area contributed by atoms with Gasteiger partial charge in [0.15, 0.2) is 0 Å². The Morgan fingerprint density at radius 3 is 2.08 bits per heavy atom. The van der Waals surface area contributed by atoms with Gasteiger partial charge < -0.3 is 4.90 Å². The minimum Gasteiger partial charge on any atom is -0.369 e. The number of benzene rings is 2. The number of non-ortho nitro benzene ring substituents is 1. The maximum atomic E-state index is 11.8. The number of amides is 1. The minimum atomic E-state index is -1.49. The number of anilines is 2. The highest BCUT2D eigenvalue weighted by molar-refractivity contribution is 6.18. The third kappa shape index (κ3) is 8.37. The third-order valence-electron chi connectivity index (χ3n) is 5.90. The summed E-state index contributed by atoms with van der Waals surface area (Å²) >= 11 is 11.7. The maximum absolute atomic E-state index is 11.8. The van der Waals surface area contributed by atoms with Crippen molar-refractivity contribution in [2.75, 3.05) is 47.8 Å². The van der Waals surface area contributed by atoms with Crippen LogP contribution in [0.15, 0.2) is 53.6 Å². The van der Waals surface area contributed by atoms with Crippen LogP contribution in [0.1, 0.15) is 26.3 Å². The van der Waals surface area contributed by atoms with Crippen molar-refractivity contribution in [1.82, 2.24) is 4.90 Å². The average Bonchev–Trinajstić information content (AvgIpc) is 3.21. The summed E-state index contributed by atoms with van der Waals surface area (Å²) in [5.74, 6) is 0.463. The van der Waals surface area contributed by atoms with Gasteiger partial charge >= 0.3 is 11.9 Å². The molecule has 1 atom stereocenters. The standard InChI is InChI=1S/C15H24Cl2N2.C10H8N4O5/c1-3-18(4-2)13-14-6-5-7-15(12-14)19(10-8-16)11-9-17;1-6-9(14(18)19)10(15)12(11-6)7-2-4-8(5-3-7)13(16)17/h5-7,12H,3-4,8-11,13H2,1-2H3;2-5,9H,1H3. The Morgan fingerprint density at radius 1 is 1.00 bits per heavy atom. The van der Waals surface area contributed by atoms with Crippen molar-refractivity contribution in [3.63, 3.8) is 0 Å². The zero-order chi connectivity index (χ0) is 28.2. The summed E-state index contributed by atoms with van der Waals surface area (Å²) in [6, 6.07) is 12.2. The number of carbonyl (C=O) groups is 1. The van der Waals surface area contributed by atoms with E-state index in [0.717, 1.165) is 37.7 Å². The first-order valence-corrected chi connectivity index (χ1v) is 13.2. The van der Waals surface area contributed by atoms with Crippen LogP contribution in [0.25, 0.3) is 0 Å². The Labute approximate surface area is 231 Å². The number of rotatable bonds is 12. The van der Waals surface area contributed by atoms with E-state index < -0.39 is 21.8 Å². The molecular formula is C25H32Cl2N6O5. The molecule has 38 heavy (non-hydrogen) atoms. The van der Waals surface area contributed by atoms with Crippen LogP contribution >= 0.6 is 23.2 Å². The van der Waals surface area contributed by atoms with E-state index in [2.05, 4.69) is 53.0 Å². The average molecular weight is 567 g/mol. The lowest BCUT2D eigenvalue weighted by molar-refractivity contribution is -0.488. The number of hydrazone groups is 1. The number of nitro benzene ring substituents is 1. The van der Waals surface area contributed by atoms with Crippen molar-refractivity contribution < 1.29 is 14.6 Å². The van der Waals surface area contributed by atoms with Crippen molar-refractivity contribution in [2.45, 2.75) is 33.4 Å². The molecule has 3 rings (SSSR count). The smallest absolute Gasteiger partial charge is 0.331 e. The highest BCUT2D eigenvalue weighted by atomic mass is 35.5. The van der Waals surface area contributed by atoms with Crippen molar-refractivity contribution in [2.24, 2.45) is 5.10 Å². The molecule has 1 heterocycles.